The zero-order chi connectivity index (χ0) is 12.9. The molecule has 3 aromatic rings. The van der Waals surface area contributed by atoms with Crippen molar-refractivity contribution in [1.29, 1.82) is 0 Å². The molecular weight excluding hydrogens is 234 g/mol. The predicted octanol–water partition coefficient (Wildman–Crippen LogP) is 3.68. The van der Waals surface area contributed by atoms with Crippen LogP contribution in [0.2, 0.25) is 0 Å². The molecule has 0 bridgehead atoms. The molecule has 0 aliphatic rings. The largest absolute Gasteiger partial charge is 0.276 e. The molecule has 92 valence electrons. The average molecular weight is 247 g/mol. The van der Waals surface area contributed by atoms with Gasteiger partial charge >= 0.3 is 0 Å². The number of rotatable bonds is 3. The van der Waals surface area contributed by atoms with Gasteiger partial charge in [-0.3, -0.25) is 10.4 Å². The maximum atomic E-state index is 4.37. The molecule has 19 heavy (non-hydrogen) atoms. The SMILES string of the molecule is C(=N/Nc1cccc2cccnc12)/c1ccccc1. The van der Waals surface area contributed by atoms with Gasteiger partial charge < -0.3 is 0 Å². The topological polar surface area (TPSA) is 37.3 Å². The van der Waals surface area contributed by atoms with Gasteiger partial charge in [-0.2, -0.15) is 5.10 Å². The Kier molecular flexibility index (Phi) is 3.19. The Morgan fingerprint density at radius 1 is 0.895 bits per heavy atom. The van der Waals surface area contributed by atoms with Gasteiger partial charge in [0.05, 0.1) is 17.4 Å². The Hall–Kier alpha value is -2.68. The zero-order valence-electron chi connectivity index (χ0n) is 10.3. The Bertz CT molecular complexity index is 700. The summed E-state index contributed by atoms with van der Waals surface area (Å²) in [5.41, 5.74) is 5.94. The lowest BCUT2D eigenvalue weighted by molar-refractivity contribution is 1.33. The van der Waals surface area contributed by atoms with Crippen LogP contribution in [0.1, 0.15) is 5.56 Å². The number of hydrogen-bond acceptors (Lipinski definition) is 3. The lowest BCUT2D eigenvalue weighted by Crippen LogP contribution is -1.92. The van der Waals surface area contributed by atoms with E-state index in [9.17, 15) is 0 Å². The lowest BCUT2D eigenvalue weighted by Gasteiger charge is -2.04. The van der Waals surface area contributed by atoms with E-state index in [0.717, 1.165) is 22.2 Å². The van der Waals surface area contributed by atoms with E-state index in [4.69, 9.17) is 0 Å². The van der Waals surface area contributed by atoms with Crippen LogP contribution in [-0.2, 0) is 0 Å². The molecular formula is C16H13N3. The summed E-state index contributed by atoms with van der Waals surface area (Å²) in [5.74, 6) is 0. The Morgan fingerprint density at radius 2 is 1.74 bits per heavy atom. The molecule has 0 aliphatic carbocycles. The number of pyridine rings is 1. The highest BCUT2D eigenvalue weighted by atomic mass is 15.3. The quantitative estimate of drug-likeness (QED) is 0.566. The van der Waals surface area contributed by atoms with Crippen LogP contribution in [0, 0.1) is 0 Å². The van der Waals surface area contributed by atoms with E-state index in [1.54, 1.807) is 12.4 Å². The first-order chi connectivity index (χ1) is 9.43. The normalized spacial score (nSPS) is 10.9. The first-order valence-electron chi connectivity index (χ1n) is 6.11. The minimum absolute atomic E-state index is 0.908. The molecule has 3 rings (SSSR count). The van der Waals surface area contributed by atoms with Crippen molar-refractivity contribution in [2.45, 2.75) is 0 Å². The number of hydrazone groups is 1. The van der Waals surface area contributed by atoms with Gasteiger partial charge in [-0.1, -0.05) is 48.5 Å². The molecule has 0 spiro atoms. The summed E-state index contributed by atoms with van der Waals surface area (Å²) < 4.78 is 0. The van der Waals surface area contributed by atoms with Crippen molar-refractivity contribution in [3.63, 3.8) is 0 Å². The van der Waals surface area contributed by atoms with Crippen molar-refractivity contribution in [2.75, 3.05) is 5.43 Å². The second kappa shape index (κ2) is 5.31. The van der Waals surface area contributed by atoms with E-state index in [1.807, 2.05) is 60.7 Å². The van der Waals surface area contributed by atoms with Gasteiger partial charge in [-0.25, -0.2) is 0 Å². The van der Waals surface area contributed by atoms with E-state index >= 15 is 0 Å². The molecule has 1 heterocycles. The molecule has 2 aromatic carbocycles. The van der Waals surface area contributed by atoms with E-state index in [2.05, 4.69) is 15.5 Å². The summed E-state index contributed by atoms with van der Waals surface area (Å²) >= 11 is 0. The number of hydrogen-bond donors (Lipinski definition) is 1. The fourth-order valence-electron chi connectivity index (χ4n) is 1.91. The van der Waals surface area contributed by atoms with Gasteiger partial charge in [0.2, 0.25) is 0 Å². The Balaban J connectivity index is 1.84. The average Bonchev–Trinajstić information content (AvgIpc) is 2.49. The van der Waals surface area contributed by atoms with E-state index in [-0.39, 0.29) is 0 Å². The minimum Gasteiger partial charge on any atom is -0.276 e. The molecule has 0 fully saturated rings. The maximum Gasteiger partial charge on any atom is 0.0951 e. The second-order valence-corrected chi connectivity index (χ2v) is 4.16. The van der Waals surface area contributed by atoms with E-state index in [1.165, 1.54) is 0 Å². The third kappa shape index (κ3) is 2.60. The van der Waals surface area contributed by atoms with Crippen molar-refractivity contribution in [2.24, 2.45) is 5.10 Å². The molecule has 0 atom stereocenters. The van der Waals surface area contributed by atoms with Gasteiger partial charge in [0.25, 0.3) is 0 Å². The smallest absolute Gasteiger partial charge is 0.0951 e. The highest BCUT2D eigenvalue weighted by molar-refractivity contribution is 5.90. The number of benzene rings is 2. The highest BCUT2D eigenvalue weighted by Crippen LogP contribution is 2.20. The molecule has 1 aromatic heterocycles. The molecule has 3 nitrogen and oxygen atoms in total. The van der Waals surface area contributed by atoms with Crippen LogP contribution in [0.4, 0.5) is 5.69 Å². The first-order valence-corrected chi connectivity index (χ1v) is 6.11. The summed E-state index contributed by atoms with van der Waals surface area (Å²) in [5, 5.41) is 5.35. The van der Waals surface area contributed by atoms with Crippen LogP contribution in [-0.4, -0.2) is 11.2 Å². The molecule has 0 amide bonds. The number of nitrogens with one attached hydrogen (secondary N) is 1. The second-order valence-electron chi connectivity index (χ2n) is 4.16. The highest BCUT2D eigenvalue weighted by Gasteiger charge is 1.99. The number of para-hydroxylation sites is 1. The van der Waals surface area contributed by atoms with Crippen LogP contribution in [0.15, 0.2) is 72.0 Å². The first kappa shape index (κ1) is 11.4. The van der Waals surface area contributed by atoms with Crippen molar-refractivity contribution in [3.05, 3.63) is 72.4 Å². The molecule has 0 saturated carbocycles. The van der Waals surface area contributed by atoms with Crippen LogP contribution in [0.3, 0.4) is 0 Å². The fourth-order valence-corrected chi connectivity index (χ4v) is 1.91. The molecule has 0 saturated heterocycles. The molecule has 0 aliphatic heterocycles. The summed E-state index contributed by atoms with van der Waals surface area (Å²) in [6.07, 6.45) is 3.58. The van der Waals surface area contributed by atoms with Crippen LogP contribution in [0.25, 0.3) is 10.9 Å². The summed E-state index contributed by atoms with van der Waals surface area (Å²) in [7, 11) is 0. The Morgan fingerprint density at radius 3 is 2.63 bits per heavy atom. The van der Waals surface area contributed by atoms with Crippen LogP contribution in [0.5, 0.6) is 0 Å². The zero-order valence-corrected chi connectivity index (χ0v) is 10.3. The number of aromatic nitrogens is 1. The Labute approximate surface area is 111 Å². The van der Waals surface area contributed by atoms with Crippen LogP contribution >= 0.6 is 0 Å². The van der Waals surface area contributed by atoms with Gasteiger partial charge in [-0.05, 0) is 17.7 Å². The summed E-state index contributed by atoms with van der Waals surface area (Å²) in [4.78, 5) is 4.37. The summed E-state index contributed by atoms with van der Waals surface area (Å²) in [6, 6.07) is 19.9. The predicted molar refractivity (Wildman–Crippen MR) is 79.4 cm³/mol. The number of fused-ring (bicyclic) bond motifs is 1. The van der Waals surface area contributed by atoms with Gasteiger partial charge in [0.15, 0.2) is 0 Å². The maximum absolute atomic E-state index is 4.37. The molecule has 0 unspecified atom stereocenters. The molecule has 3 heteroatoms. The standard InChI is InChI=1S/C16H13N3/c1-2-6-13(7-3-1)12-18-19-15-10-4-8-14-9-5-11-17-16(14)15/h1-12,19H/b18-12-. The van der Waals surface area contributed by atoms with Crippen molar-refractivity contribution >= 4 is 22.8 Å². The molecule has 1 N–H and O–H groups in total. The third-order valence-electron chi connectivity index (χ3n) is 2.83. The lowest BCUT2D eigenvalue weighted by atomic mass is 10.2. The van der Waals surface area contributed by atoms with Gasteiger partial charge in [0.1, 0.15) is 0 Å². The van der Waals surface area contributed by atoms with Crippen molar-refractivity contribution in [3.8, 4) is 0 Å². The van der Waals surface area contributed by atoms with Crippen molar-refractivity contribution in [1.82, 2.24) is 4.98 Å². The van der Waals surface area contributed by atoms with Gasteiger partial charge in [-0.15, -0.1) is 0 Å². The minimum atomic E-state index is 0.908. The number of nitrogens with zero attached hydrogens (tertiary/aromatic N) is 2. The number of anilines is 1. The third-order valence-corrected chi connectivity index (χ3v) is 2.83. The summed E-state index contributed by atoms with van der Waals surface area (Å²) in [6.45, 7) is 0. The van der Waals surface area contributed by atoms with Crippen LogP contribution < -0.4 is 5.43 Å². The van der Waals surface area contributed by atoms with E-state index in [0.29, 0.717) is 0 Å². The fraction of sp³-hybridized carbons (Fsp3) is 0. The van der Waals surface area contributed by atoms with Crippen molar-refractivity contribution < 1.29 is 0 Å². The molecule has 0 radical (unpaired) electrons. The van der Waals surface area contributed by atoms with E-state index < -0.39 is 0 Å². The monoisotopic (exact) mass is 247 g/mol. The van der Waals surface area contributed by atoms with Gasteiger partial charge in [0, 0.05) is 11.6 Å².